The van der Waals surface area contributed by atoms with E-state index in [0.29, 0.717) is 37.2 Å². The molecule has 0 aliphatic carbocycles. The van der Waals surface area contributed by atoms with Gasteiger partial charge in [-0.1, -0.05) is 41.9 Å². The third-order valence-corrected chi connectivity index (χ3v) is 10.4. The number of hydrogen-bond acceptors (Lipinski definition) is 10. The van der Waals surface area contributed by atoms with Crippen LogP contribution in [0.4, 0.5) is 0 Å². The van der Waals surface area contributed by atoms with Gasteiger partial charge in [-0.3, -0.25) is 14.6 Å². The van der Waals surface area contributed by atoms with E-state index in [4.69, 9.17) is 25.8 Å². The molecule has 0 saturated carbocycles. The van der Waals surface area contributed by atoms with Crippen LogP contribution in [0, 0.1) is 13.8 Å². The number of Topliss-reactive ketones (excluding diaryl/α,β-unsaturated/α-hetero) is 1. The molecule has 10 nitrogen and oxygen atoms in total. The Hall–Kier alpha value is -4.29. The van der Waals surface area contributed by atoms with Crippen LogP contribution in [-0.2, 0) is 27.8 Å². The summed E-state index contributed by atoms with van der Waals surface area (Å²) in [4.78, 5) is 29.6. The van der Waals surface area contributed by atoms with Crippen LogP contribution < -0.4 is 14.2 Å². The summed E-state index contributed by atoms with van der Waals surface area (Å²) in [6.07, 6.45) is 6.11. The number of aliphatic hydroxyl groups is 1. The van der Waals surface area contributed by atoms with Gasteiger partial charge < -0.3 is 24.2 Å². The Bertz CT molecular complexity index is 2020. The van der Waals surface area contributed by atoms with Crippen LogP contribution in [0.2, 0.25) is 5.02 Å². The number of aldehydes is 1. The van der Waals surface area contributed by atoms with Crippen molar-refractivity contribution in [2.24, 2.45) is 0 Å². The second-order valence-corrected chi connectivity index (χ2v) is 15.6. The van der Waals surface area contributed by atoms with Crippen molar-refractivity contribution in [2.45, 2.75) is 63.7 Å². The highest BCUT2D eigenvalue weighted by atomic mass is 35.5. The second-order valence-electron chi connectivity index (χ2n) is 13.2. The summed E-state index contributed by atoms with van der Waals surface area (Å²) < 4.78 is 42.1. The van der Waals surface area contributed by atoms with Crippen molar-refractivity contribution in [1.82, 2.24) is 9.88 Å². The maximum Gasteiger partial charge on any atom is 0.177 e. The Kier molecular flexibility index (Phi) is 12.2. The number of aromatic nitrogens is 1. The number of rotatable bonds is 16. The largest absolute Gasteiger partial charge is 0.493 e. The SMILES string of the molecule is CC(=O)CC1(O)CCN(CCCOc2cccc(-c3cccc(COc4cc(OCc5cncc(S(C)(=O)=O)c5)c(C=O)cc4Cl)c3C)c2C)C1. The predicted octanol–water partition coefficient (Wildman–Crippen LogP) is 6.58. The summed E-state index contributed by atoms with van der Waals surface area (Å²) in [7, 11) is -3.44. The van der Waals surface area contributed by atoms with Crippen molar-refractivity contribution < 1.29 is 37.3 Å². The quantitative estimate of drug-likeness (QED) is 0.0995. The zero-order valence-electron chi connectivity index (χ0n) is 29.3. The molecule has 1 saturated heterocycles. The molecular weight excluding hydrogens is 692 g/mol. The van der Waals surface area contributed by atoms with Crippen LogP contribution in [0.3, 0.4) is 0 Å². The Morgan fingerprint density at radius 2 is 1.71 bits per heavy atom. The van der Waals surface area contributed by atoms with E-state index in [1.54, 1.807) is 6.07 Å². The minimum absolute atomic E-state index is 0.00807. The van der Waals surface area contributed by atoms with Crippen molar-refractivity contribution in [2.75, 3.05) is 32.5 Å². The van der Waals surface area contributed by atoms with E-state index in [9.17, 15) is 23.1 Å². The van der Waals surface area contributed by atoms with Gasteiger partial charge in [-0.2, -0.15) is 0 Å². The molecule has 12 heteroatoms. The maximum absolute atomic E-state index is 11.9. The van der Waals surface area contributed by atoms with Gasteiger partial charge in [-0.05, 0) is 79.6 Å². The highest BCUT2D eigenvalue weighted by molar-refractivity contribution is 7.90. The average Bonchev–Trinajstić information content (AvgIpc) is 3.45. The lowest BCUT2D eigenvalue weighted by Gasteiger charge is -2.22. The molecule has 1 atom stereocenters. The normalized spacial score (nSPS) is 16.2. The fourth-order valence-electron chi connectivity index (χ4n) is 6.34. The van der Waals surface area contributed by atoms with Crippen molar-refractivity contribution in [3.8, 4) is 28.4 Å². The van der Waals surface area contributed by atoms with Gasteiger partial charge in [0.1, 0.15) is 36.2 Å². The lowest BCUT2D eigenvalue weighted by Crippen LogP contribution is -2.35. The molecule has 1 fully saturated rings. The molecule has 3 aromatic carbocycles. The number of β-amino-alcohol motifs (C(OH)–C–C–N with tert-alkyl or cyclic N) is 1. The minimum Gasteiger partial charge on any atom is -0.493 e. The number of nitrogens with zero attached hydrogens (tertiary/aromatic N) is 2. The highest BCUT2D eigenvalue weighted by Crippen LogP contribution is 2.36. The van der Waals surface area contributed by atoms with Crippen LogP contribution in [0.15, 0.2) is 71.9 Å². The molecule has 1 aliphatic rings. The first-order valence-electron chi connectivity index (χ1n) is 16.7. The molecule has 0 spiro atoms. The van der Waals surface area contributed by atoms with Gasteiger partial charge in [-0.25, -0.2) is 8.42 Å². The Labute approximate surface area is 304 Å². The van der Waals surface area contributed by atoms with Crippen LogP contribution in [0.1, 0.15) is 58.8 Å². The second kappa shape index (κ2) is 16.4. The van der Waals surface area contributed by atoms with Gasteiger partial charge in [0, 0.05) is 56.3 Å². The molecule has 5 rings (SSSR count). The number of likely N-dealkylation sites (tertiary alicyclic amines) is 1. The van der Waals surface area contributed by atoms with E-state index in [1.165, 1.54) is 31.5 Å². The fourth-order valence-corrected chi connectivity index (χ4v) is 7.19. The van der Waals surface area contributed by atoms with Crippen LogP contribution in [-0.4, -0.2) is 73.6 Å². The van der Waals surface area contributed by atoms with Gasteiger partial charge in [0.05, 0.1) is 27.7 Å². The number of benzene rings is 3. The van der Waals surface area contributed by atoms with Gasteiger partial charge in [0.15, 0.2) is 16.1 Å². The molecule has 1 N–H and O–H groups in total. The van der Waals surface area contributed by atoms with Gasteiger partial charge >= 0.3 is 0 Å². The van der Waals surface area contributed by atoms with E-state index >= 15 is 0 Å². The molecule has 0 amide bonds. The molecule has 1 aliphatic heterocycles. The third-order valence-electron chi connectivity index (χ3n) is 9.05. The zero-order valence-corrected chi connectivity index (χ0v) is 30.9. The zero-order chi connectivity index (χ0) is 36.8. The van der Waals surface area contributed by atoms with E-state index < -0.39 is 15.4 Å². The Morgan fingerprint density at radius 3 is 2.43 bits per heavy atom. The number of carbonyl (C=O) groups is 2. The summed E-state index contributed by atoms with van der Waals surface area (Å²) in [5.74, 6) is 1.38. The number of carbonyl (C=O) groups excluding carboxylic acids is 2. The van der Waals surface area contributed by atoms with Crippen LogP contribution in [0.25, 0.3) is 11.1 Å². The summed E-state index contributed by atoms with van der Waals surface area (Å²) in [6, 6.07) is 16.5. The summed E-state index contributed by atoms with van der Waals surface area (Å²) >= 11 is 6.50. The number of ether oxygens (including phenoxy) is 3. The molecule has 51 heavy (non-hydrogen) atoms. The van der Waals surface area contributed by atoms with Crippen molar-refractivity contribution in [3.63, 3.8) is 0 Å². The first-order chi connectivity index (χ1) is 24.3. The van der Waals surface area contributed by atoms with Gasteiger partial charge in [0.2, 0.25) is 0 Å². The average molecular weight is 735 g/mol. The lowest BCUT2D eigenvalue weighted by atomic mass is 9.93. The third kappa shape index (κ3) is 9.74. The van der Waals surface area contributed by atoms with Crippen LogP contribution >= 0.6 is 11.6 Å². The van der Waals surface area contributed by atoms with E-state index in [0.717, 1.165) is 59.3 Å². The molecule has 0 radical (unpaired) electrons. The van der Waals surface area contributed by atoms with Crippen molar-refractivity contribution >= 4 is 33.5 Å². The highest BCUT2D eigenvalue weighted by Gasteiger charge is 2.36. The number of sulfone groups is 1. The minimum atomic E-state index is -3.44. The van der Waals surface area contributed by atoms with E-state index in [-0.39, 0.29) is 46.6 Å². The van der Waals surface area contributed by atoms with Crippen LogP contribution in [0.5, 0.6) is 17.2 Å². The molecule has 2 heterocycles. The summed E-state index contributed by atoms with van der Waals surface area (Å²) in [5, 5.41) is 10.9. The molecule has 0 bridgehead atoms. The van der Waals surface area contributed by atoms with Crippen molar-refractivity contribution in [3.05, 3.63) is 99.8 Å². The number of hydrogen-bond donors (Lipinski definition) is 1. The smallest absolute Gasteiger partial charge is 0.177 e. The number of pyridine rings is 1. The number of halogens is 1. The van der Waals surface area contributed by atoms with Crippen molar-refractivity contribution in [1.29, 1.82) is 0 Å². The van der Waals surface area contributed by atoms with E-state index in [1.807, 2.05) is 38.1 Å². The number of ketones is 1. The van der Waals surface area contributed by atoms with Gasteiger partial charge in [-0.15, -0.1) is 0 Å². The lowest BCUT2D eigenvalue weighted by molar-refractivity contribution is -0.121. The summed E-state index contributed by atoms with van der Waals surface area (Å²) in [6.45, 7) is 8.36. The monoisotopic (exact) mass is 734 g/mol. The van der Waals surface area contributed by atoms with E-state index in [2.05, 4.69) is 22.0 Å². The maximum atomic E-state index is 11.9. The first kappa shape index (κ1) is 38.0. The Morgan fingerprint density at radius 1 is 0.980 bits per heavy atom. The molecule has 270 valence electrons. The van der Waals surface area contributed by atoms with Gasteiger partial charge in [0.25, 0.3) is 0 Å². The Balaban J connectivity index is 1.23. The fraction of sp³-hybridized carbons (Fsp3) is 0.359. The molecule has 4 aromatic rings. The molecular formula is C39H43ClN2O8S. The summed E-state index contributed by atoms with van der Waals surface area (Å²) in [5.41, 5.74) is 4.89. The molecule has 1 aromatic heterocycles. The first-order valence-corrected chi connectivity index (χ1v) is 19.0. The standard InChI is InChI=1S/C39H43ClN2O8S/c1-26(44)19-39(45)12-14-42(25-39)13-7-15-48-36-11-6-10-34(28(36)3)33-9-5-8-30(27(33)2)24-50-38-18-37(31(22-43)17-35(38)40)49-23-29-16-32(21-41-20-29)51(4,46)47/h5-6,8-11,16-18,20-22,45H,7,12-15,19,23-25H2,1-4H3. The predicted molar refractivity (Wildman–Crippen MR) is 196 cm³/mol. The molecule has 1 unspecified atom stereocenters. The topological polar surface area (TPSA) is 132 Å².